The second-order valence-electron chi connectivity index (χ2n) is 6.70. The van der Waals surface area contributed by atoms with Crippen LogP contribution in [0.3, 0.4) is 0 Å². The Morgan fingerprint density at radius 3 is 2.38 bits per heavy atom. The van der Waals surface area contributed by atoms with Gasteiger partial charge in [0.2, 0.25) is 0 Å². The minimum absolute atomic E-state index is 0.00388. The van der Waals surface area contributed by atoms with Gasteiger partial charge in [0.1, 0.15) is 10.7 Å². The van der Waals surface area contributed by atoms with Gasteiger partial charge in [0.05, 0.1) is 45.9 Å². The molecule has 0 saturated carbocycles. The van der Waals surface area contributed by atoms with Crippen LogP contribution in [0.5, 0.6) is 5.75 Å². The average Bonchev–Trinajstić information content (AvgIpc) is 2.72. The van der Waals surface area contributed by atoms with Crippen LogP contribution in [0.1, 0.15) is 12.5 Å². The van der Waals surface area contributed by atoms with Gasteiger partial charge in [-0.3, -0.25) is 4.79 Å². The van der Waals surface area contributed by atoms with Gasteiger partial charge in [-0.25, -0.2) is 0 Å². The number of piperazine rings is 1. The van der Waals surface area contributed by atoms with E-state index >= 15 is 0 Å². The molecule has 2 fully saturated rings. The molecule has 2 saturated heterocycles. The molecule has 6 nitrogen and oxygen atoms in total. The number of rotatable bonds is 5. The highest BCUT2D eigenvalue weighted by molar-refractivity contribution is 7.80. The summed E-state index contributed by atoms with van der Waals surface area (Å²) >= 11 is 5.65. The molecular formula is C19H28N3O3S+. The number of hydrogen-bond donors (Lipinski definition) is 1. The summed E-state index contributed by atoms with van der Waals surface area (Å²) in [5.74, 6) is 0.697. The minimum atomic E-state index is 0.00388. The van der Waals surface area contributed by atoms with E-state index < -0.39 is 0 Å². The van der Waals surface area contributed by atoms with Crippen molar-refractivity contribution >= 4 is 23.1 Å². The molecule has 1 aromatic rings. The molecule has 0 aliphatic carbocycles. The van der Waals surface area contributed by atoms with Crippen molar-refractivity contribution < 1.29 is 19.2 Å². The van der Waals surface area contributed by atoms with Crippen molar-refractivity contribution in [1.82, 2.24) is 9.80 Å². The molecule has 7 heteroatoms. The third kappa shape index (κ3) is 4.93. The molecule has 0 spiro atoms. The van der Waals surface area contributed by atoms with Crippen LogP contribution < -0.4 is 9.64 Å². The number of nitrogens with one attached hydrogen (secondary N) is 1. The second kappa shape index (κ2) is 9.30. The number of nitrogens with zero attached hydrogens (tertiary/aromatic N) is 2. The molecule has 0 radical (unpaired) electrons. The van der Waals surface area contributed by atoms with Crippen LogP contribution in [-0.4, -0.2) is 86.3 Å². The van der Waals surface area contributed by atoms with Gasteiger partial charge in [-0.1, -0.05) is 12.2 Å². The van der Waals surface area contributed by atoms with E-state index in [1.54, 1.807) is 9.80 Å². The SMILES string of the molecule is CC[NH+]1CCN(C(=S)c2ccc(OCC(=O)N3CCOCC3)cc2)CC1. The molecule has 1 N–H and O–H groups in total. The maximum absolute atomic E-state index is 12.1. The Balaban J connectivity index is 1.48. The first-order chi connectivity index (χ1) is 12.7. The van der Waals surface area contributed by atoms with Crippen molar-refractivity contribution in [2.45, 2.75) is 6.92 Å². The van der Waals surface area contributed by atoms with E-state index in [1.165, 1.54) is 6.54 Å². The molecule has 2 aliphatic heterocycles. The smallest absolute Gasteiger partial charge is 0.260 e. The highest BCUT2D eigenvalue weighted by Crippen LogP contribution is 2.15. The van der Waals surface area contributed by atoms with Crippen LogP contribution in [0.25, 0.3) is 0 Å². The fourth-order valence-electron chi connectivity index (χ4n) is 3.31. The normalized spacial score (nSPS) is 18.7. The summed E-state index contributed by atoms with van der Waals surface area (Å²) < 4.78 is 10.9. The average molecular weight is 379 g/mol. The third-order valence-electron chi connectivity index (χ3n) is 5.09. The lowest BCUT2D eigenvalue weighted by atomic mass is 10.2. The molecule has 2 heterocycles. The topological polar surface area (TPSA) is 46.5 Å². The van der Waals surface area contributed by atoms with Gasteiger partial charge in [0.15, 0.2) is 6.61 Å². The summed E-state index contributed by atoms with van der Waals surface area (Å²) in [6.07, 6.45) is 0. The Hall–Kier alpha value is -1.70. The van der Waals surface area contributed by atoms with Crippen LogP contribution in [0.4, 0.5) is 0 Å². The number of thiocarbonyl (C=S) groups is 1. The zero-order valence-electron chi connectivity index (χ0n) is 15.4. The van der Waals surface area contributed by atoms with Gasteiger partial charge < -0.3 is 24.2 Å². The van der Waals surface area contributed by atoms with Gasteiger partial charge in [-0.05, 0) is 31.2 Å². The number of hydrogen-bond acceptors (Lipinski definition) is 4. The Labute approximate surface area is 160 Å². The van der Waals surface area contributed by atoms with Gasteiger partial charge in [-0.15, -0.1) is 0 Å². The summed E-state index contributed by atoms with van der Waals surface area (Å²) in [4.78, 5) is 18.7. The summed E-state index contributed by atoms with van der Waals surface area (Å²) in [7, 11) is 0. The standard InChI is InChI=1S/C19H27N3O3S/c1-2-20-7-9-22(10-8-20)19(26)16-3-5-17(6-4-16)25-15-18(23)21-11-13-24-14-12-21/h3-6H,2,7-15H2,1H3/p+1. The first-order valence-corrected chi connectivity index (χ1v) is 9.79. The zero-order valence-corrected chi connectivity index (χ0v) is 16.2. The van der Waals surface area contributed by atoms with Crippen LogP contribution in [-0.2, 0) is 9.53 Å². The predicted octanol–water partition coefficient (Wildman–Crippen LogP) is -0.180. The third-order valence-corrected chi connectivity index (χ3v) is 5.58. The highest BCUT2D eigenvalue weighted by atomic mass is 32.1. The van der Waals surface area contributed by atoms with Gasteiger partial charge in [0, 0.05) is 18.7 Å². The van der Waals surface area contributed by atoms with E-state index in [0.717, 1.165) is 36.7 Å². The Morgan fingerprint density at radius 1 is 1.12 bits per heavy atom. The van der Waals surface area contributed by atoms with E-state index in [2.05, 4.69) is 11.8 Å². The molecule has 0 bridgehead atoms. The Kier molecular flexibility index (Phi) is 6.82. The van der Waals surface area contributed by atoms with Crippen LogP contribution in [0.15, 0.2) is 24.3 Å². The van der Waals surface area contributed by atoms with Crippen molar-refractivity contribution in [3.63, 3.8) is 0 Å². The molecule has 1 amide bonds. The summed E-state index contributed by atoms with van der Waals surface area (Å²) in [6.45, 7) is 10.3. The first kappa shape index (κ1) is 19.1. The van der Waals surface area contributed by atoms with E-state index in [4.69, 9.17) is 21.7 Å². The molecule has 26 heavy (non-hydrogen) atoms. The van der Waals surface area contributed by atoms with E-state index in [-0.39, 0.29) is 12.5 Å². The van der Waals surface area contributed by atoms with Gasteiger partial charge >= 0.3 is 0 Å². The van der Waals surface area contributed by atoms with E-state index in [9.17, 15) is 4.79 Å². The lowest BCUT2D eigenvalue weighted by molar-refractivity contribution is -0.902. The molecule has 2 aliphatic rings. The van der Waals surface area contributed by atoms with E-state index in [1.807, 2.05) is 24.3 Å². The molecule has 0 unspecified atom stereocenters. The van der Waals surface area contributed by atoms with Crippen LogP contribution >= 0.6 is 12.2 Å². The zero-order chi connectivity index (χ0) is 18.4. The van der Waals surface area contributed by atoms with Crippen molar-refractivity contribution in [2.75, 3.05) is 65.6 Å². The number of morpholine rings is 1. The fraction of sp³-hybridized carbons (Fsp3) is 0.579. The number of carbonyl (C=O) groups excluding carboxylic acids is 1. The maximum Gasteiger partial charge on any atom is 0.260 e. The second-order valence-corrected chi connectivity index (χ2v) is 7.09. The number of benzene rings is 1. The van der Waals surface area contributed by atoms with Gasteiger partial charge in [-0.2, -0.15) is 0 Å². The molecule has 142 valence electrons. The van der Waals surface area contributed by atoms with Crippen molar-refractivity contribution in [1.29, 1.82) is 0 Å². The summed E-state index contributed by atoms with van der Waals surface area (Å²) in [6, 6.07) is 7.75. The number of amides is 1. The number of quaternary nitrogens is 1. The lowest BCUT2D eigenvalue weighted by Gasteiger charge is -2.33. The van der Waals surface area contributed by atoms with Gasteiger partial charge in [0.25, 0.3) is 5.91 Å². The number of ether oxygens (including phenoxy) is 2. The monoisotopic (exact) mass is 378 g/mol. The minimum Gasteiger partial charge on any atom is -0.484 e. The quantitative estimate of drug-likeness (QED) is 0.721. The number of likely N-dealkylation sites (N-methyl/N-ethyl adjacent to an activating group) is 1. The van der Waals surface area contributed by atoms with Crippen LogP contribution in [0, 0.1) is 0 Å². The summed E-state index contributed by atoms with van der Waals surface area (Å²) in [5, 5.41) is 0. The van der Waals surface area contributed by atoms with E-state index in [0.29, 0.717) is 32.1 Å². The van der Waals surface area contributed by atoms with Crippen molar-refractivity contribution in [2.24, 2.45) is 0 Å². The number of carbonyl (C=O) groups is 1. The fourth-order valence-corrected chi connectivity index (χ4v) is 3.62. The predicted molar refractivity (Wildman–Crippen MR) is 104 cm³/mol. The summed E-state index contributed by atoms with van der Waals surface area (Å²) in [5.41, 5.74) is 1.03. The largest absolute Gasteiger partial charge is 0.484 e. The molecule has 0 aromatic heterocycles. The highest BCUT2D eigenvalue weighted by Gasteiger charge is 2.21. The van der Waals surface area contributed by atoms with Crippen molar-refractivity contribution in [3.8, 4) is 5.75 Å². The molecule has 0 atom stereocenters. The van der Waals surface area contributed by atoms with Crippen LogP contribution in [0.2, 0.25) is 0 Å². The first-order valence-electron chi connectivity index (χ1n) is 9.38. The lowest BCUT2D eigenvalue weighted by Crippen LogP contribution is -3.14. The molecule has 3 rings (SSSR count). The molecular weight excluding hydrogens is 350 g/mol. The molecule has 1 aromatic carbocycles. The van der Waals surface area contributed by atoms with Crippen molar-refractivity contribution in [3.05, 3.63) is 29.8 Å². The Morgan fingerprint density at radius 2 is 1.77 bits per heavy atom. The maximum atomic E-state index is 12.1. The Bertz CT molecular complexity index is 609.